The molecule has 5 heteroatoms. The van der Waals surface area contributed by atoms with Crippen LogP contribution in [0.4, 0.5) is 8.78 Å². The molecular formula is C13H17F2NO2. The van der Waals surface area contributed by atoms with Crippen molar-refractivity contribution < 1.29 is 18.3 Å². The van der Waals surface area contributed by atoms with Crippen LogP contribution in [-0.4, -0.2) is 20.8 Å². The van der Waals surface area contributed by atoms with E-state index in [2.05, 4.69) is 0 Å². The number of methoxy groups -OCH3 is 2. The summed E-state index contributed by atoms with van der Waals surface area (Å²) >= 11 is 0. The number of alkyl halides is 2. The minimum atomic E-state index is -2.94. The molecule has 1 aromatic rings. The third-order valence-electron chi connectivity index (χ3n) is 2.45. The third kappa shape index (κ3) is 3.20. The van der Waals surface area contributed by atoms with Crippen LogP contribution in [0.3, 0.4) is 0 Å². The molecule has 0 aromatic heterocycles. The van der Waals surface area contributed by atoms with Crippen LogP contribution in [0.2, 0.25) is 0 Å². The minimum absolute atomic E-state index is 0.128. The summed E-state index contributed by atoms with van der Waals surface area (Å²) in [5, 5.41) is 0. The fourth-order valence-electron chi connectivity index (χ4n) is 1.57. The lowest BCUT2D eigenvalue weighted by atomic mass is 10.0. The van der Waals surface area contributed by atoms with Gasteiger partial charge < -0.3 is 15.2 Å². The summed E-state index contributed by atoms with van der Waals surface area (Å²) in [5.41, 5.74) is 5.74. The summed E-state index contributed by atoms with van der Waals surface area (Å²) in [6.45, 7) is 1.16. The van der Waals surface area contributed by atoms with Crippen LogP contribution < -0.4 is 15.2 Å². The first kappa shape index (κ1) is 14.4. The first-order valence-electron chi connectivity index (χ1n) is 5.45. The quantitative estimate of drug-likeness (QED) is 0.882. The number of nitrogens with two attached hydrogens (primary N) is 1. The van der Waals surface area contributed by atoms with Crippen molar-refractivity contribution in [2.75, 3.05) is 20.8 Å². The van der Waals surface area contributed by atoms with E-state index in [9.17, 15) is 8.78 Å². The van der Waals surface area contributed by atoms with Gasteiger partial charge in [0.1, 0.15) is 0 Å². The lowest BCUT2D eigenvalue weighted by Crippen LogP contribution is -2.08. The van der Waals surface area contributed by atoms with Gasteiger partial charge in [-0.05, 0) is 12.1 Å². The molecule has 0 atom stereocenters. The van der Waals surface area contributed by atoms with E-state index in [0.717, 1.165) is 6.92 Å². The highest BCUT2D eigenvalue weighted by Crippen LogP contribution is 2.38. The van der Waals surface area contributed by atoms with Gasteiger partial charge in [-0.3, -0.25) is 0 Å². The van der Waals surface area contributed by atoms with Crippen molar-refractivity contribution in [3.05, 3.63) is 29.3 Å². The monoisotopic (exact) mass is 257 g/mol. The maximum Gasteiger partial charge on any atom is 0.270 e. The number of halogens is 2. The number of hydrogen-bond donors (Lipinski definition) is 1. The van der Waals surface area contributed by atoms with Crippen LogP contribution in [0, 0.1) is 0 Å². The first-order chi connectivity index (χ1) is 8.43. The van der Waals surface area contributed by atoms with E-state index in [1.54, 1.807) is 12.2 Å². The van der Waals surface area contributed by atoms with Gasteiger partial charge in [-0.1, -0.05) is 12.2 Å². The van der Waals surface area contributed by atoms with Crippen molar-refractivity contribution in [1.82, 2.24) is 0 Å². The van der Waals surface area contributed by atoms with Crippen molar-refractivity contribution in [1.29, 1.82) is 0 Å². The van der Waals surface area contributed by atoms with Crippen LogP contribution in [0.15, 0.2) is 18.2 Å². The Balaban J connectivity index is 3.40. The third-order valence-corrected chi connectivity index (χ3v) is 2.45. The molecule has 0 radical (unpaired) electrons. The molecule has 0 amide bonds. The molecule has 3 nitrogen and oxygen atoms in total. The molecule has 0 saturated carbocycles. The van der Waals surface area contributed by atoms with Crippen LogP contribution in [0.25, 0.3) is 6.08 Å². The highest BCUT2D eigenvalue weighted by atomic mass is 19.3. The molecule has 0 aliphatic heterocycles. The molecule has 2 N–H and O–H groups in total. The number of hydrogen-bond acceptors (Lipinski definition) is 3. The van der Waals surface area contributed by atoms with Gasteiger partial charge in [-0.15, -0.1) is 0 Å². The molecule has 0 fully saturated rings. The maximum absolute atomic E-state index is 13.4. The Kier molecular flexibility index (Phi) is 4.67. The average molecular weight is 257 g/mol. The van der Waals surface area contributed by atoms with E-state index >= 15 is 0 Å². The molecule has 0 aliphatic rings. The summed E-state index contributed by atoms with van der Waals surface area (Å²) in [6, 6.07) is 2.64. The Morgan fingerprint density at radius 1 is 1.28 bits per heavy atom. The van der Waals surface area contributed by atoms with E-state index in [0.29, 0.717) is 17.9 Å². The van der Waals surface area contributed by atoms with Gasteiger partial charge in [0.05, 0.1) is 14.2 Å². The second-order valence-corrected chi connectivity index (χ2v) is 3.83. The maximum atomic E-state index is 13.4. The largest absolute Gasteiger partial charge is 0.493 e. The highest BCUT2D eigenvalue weighted by Gasteiger charge is 2.27. The van der Waals surface area contributed by atoms with Gasteiger partial charge in [0.15, 0.2) is 11.5 Å². The normalized spacial score (nSPS) is 11.9. The molecule has 0 spiro atoms. The Morgan fingerprint density at radius 2 is 1.94 bits per heavy atom. The van der Waals surface area contributed by atoms with Crippen molar-refractivity contribution in [2.24, 2.45) is 5.73 Å². The predicted octanol–water partition coefficient (Wildman–Crippen LogP) is 2.79. The minimum Gasteiger partial charge on any atom is -0.493 e. The molecule has 0 unspecified atom stereocenters. The predicted molar refractivity (Wildman–Crippen MR) is 67.2 cm³/mol. The fourth-order valence-corrected chi connectivity index (χ4v) is 1.57. The number of rotatable bonds is 5. The standard InChI is InChI=1S/C13H17F2NO2/c1-13(14,15)10-7-9(5-4-6-16)12(18-3)11(8-10)17-2/h4-5,7-8H,6,16H2,1-3H3/b5-4+. The van der Waals surface area contributed by atoms with Crippen molar-refractivity contribution in [3.8, 4) is 11.5 Å². The lowest BCUT2D eigenvalue weighted by molar-refractivity contribution is 0.0172. The molecule has 0 heterocycles. The Hall–Kier alpha value is -1.62. The first-order valence-corrected chi connectivity index (χ1v) is 5.45. The Bertz CT molecular complexity index is 439. The Morgan fingerprint density at radius 3 is 2.39 bits per heavy atom. The average Bonchev–Trinajstić information content (AvgIpc) is 2.33. The van der Waals surface area contributed by atoms with E-state index in [1.807, 2.05) is 0 Å². The van der Waals surface area contributed by atoms with Gasteiger partial charge >= 0.3 is 0 Å². The van der Waals surface area contributed by atoms with Crippen LogP contribution >= 0.6 is 0 Å². The van der Waals surface area contributed by atoms with Gasteiger partial charge in [-0.2, -0.15) is 0 Å². The number of benzene rings is 1. The second-order valence-electron chi connectivity index (χ2n) is 3.83. The fraction of sp³-hybridized carbons (Fsp3) is 0.385. The summed E-state index contributed by atoms with van der Waals surface area (Å²) in [6.07, 6.45) is 3.30. The van der Waals surface area contributed by atoms with Crippen molar-refractivity contribution in [3.63, 3.8) is 0 Å². The van der Waals surface area contributed by atoms with E-state index in [-0.39, 0.29) is 11.3 Å². The number of ether oxygens (including phenoxy) is 2. The summed E-state index contributed by atoms with van der Waals surface area (Å²) in [5.74, 6) is -2.26. The van der Waals surface area contributed by atoms with Crippen molar-refractivity contribution in [2.45, 2.75) is 12.8 Å². The molecule has 0 bridgehead atoms. The lowest BCUT2D eigenvalue weighted by Gasteiger charge is -2.16. The van der Waals surface area contributed by atoms with Crippen LogP contribution in [-0.2, 0) is 5.92 Å². The molecule has 0 saturated heterocycles. The van der Waals surface area contributed by atoms with Crippen molar-refractivity contribution >= 4 is 6.08 Å². The van der Waals surface area contributed by atoms with E-state index in [1.165, 1.54) is 26.4 Å². The smallest absolute Gasteiger partial charge is 0.270 e. The van der Waals surface area contributed by atoms with E-state index in [4.69, 9.17) is 15.2 Å². The van der Waals surface area contributed by atoms with Gasteiger partial charge in [0, 0.05) is 24.6 Å². The summed E-state index contributed by atoms with van der Waals surface area (Å²) in [7, 11) is 2.87. The summed E-state index contributed by atoms with van der Waals surface area (Å²) < 4.78 is 37.0. The van der Waals surface area contributed by atoms with Gasteiger partial charge in [0.2, 0.25) is 0 Å². The van der Waals surface area contributed by atoms with E-state index < -0.39 is 5.92 Å². The zero-order chi connectivity index (χ0) is 13.8. The molecule has 1 rings (SSSR count). The molecular weight excluding hydrogens is 240 g/mol. The second kappa shape index (κ2) is 5.82. The SMILES string of the molecule is COc1cc(C(C)(F)F)cc(/C=C/CN)c1OC. The van der Waals surface area contributed by atoms with Gasteiger partial charge in [-0.25, -0.2) is 8.78 Å². The topological polar surface area (TPSA) is 44.5 Å². The Labute approximate surface area is 105 Å². The van der Waals surface area contributed by atoms with Gasteiger partial charge in [0.25, 0.3) is 5.92 Å². The summed E-state index contributed by atoms with van der Waals surface area (Å²) in [4.78, 5) is 0. The molecule has 0 aliphatic carbocycles. The zero-order valence-electron chi connectivity index (χ0n) is 10.7. The molecule has 100 valence electrons. The molecule has 18 heavy (non-hydrogen) atoms. The highest BCUT2D eigenvalue weighted by molar-refractivity contribution is 5.64. The van der Waals surface area contributed by atoms with Crippen LogP contribution in [0.1, 0.15) is 18.1 Å². The van der Waals surface area contributed by atoms with Crippen LogP contribution in [0.5, 0.6) is 11.5 Å². The zero-order valence-corrected chi connectivity index (χ0v) is 10.7. The molecule has 1 aromatic carbocycles.